The maximum atomic E-state index is 14.2. The average Bonchev–Trinajstić information content (AvgIpc) is 2.82. The van der Waals surface area contributed by atoms with Crippen LogP contribution in [-0.2, 0) is 6.42 Å². The Morgan fingerprint density at radius 3 is 2.89 bits per heavy atom. The molecule has 0 radical (unpaired) electrons. The van der Waals surface area contributed by atoms with Crippen molar-refractivity contribution in [1.29, 1.82) is 0 Å². The second kappa shape index (κ2) is 5.33. The lowest BCUT2D eigenvalue weighted by Crippen LogP contribution is -2.33. The number of halogens is 1. The molecule has 0 bridgehead atoms. The molecule has 4 heteroatoms. The highest BCUT2D eigenvalue weighted by atomic mass is 32.1. The first-order valence-corrected chi connectivity index (χ1v) is 7.34. The molecule has 0 amide bonds. The molecular weight excluding hydrogens is 247 g/mol. The van der Waals surface area contributed by atoms with Gasteiger partial charge >= 0.3 is 0 Å². The van der Waals surface area contributed by atoms with Crippen molar-refractivity contribution in [1.82, 2.24) is 10.3 Å². The first-order chi connectivity index (χ1) is 8.83. The van der Waals surface area contributed by atoms with Gasteiger partial charge in [-0.1, -0.05) is 12.1 Å². The molecule has 1 N–H and O–H groups in total. The highest BCUT2D eigenvalue weighted by Crippen LogP contribution is 2.27. The van der Waals surface area contributed by atoms with Gasteiger partial charge in [-0.05, 0) is 44.0 Å². The summed E-state index contributed by atoms with van der Waals surface area (Å²) in [4.78, 5) is 4.51. The molecule has 1 aromatic carbocycles. The van der Waals surface area contributed by atoms with Crippen molar-refractivity contribution in [2.75, 3.05) is 13.1 Å². The number of benzene rings is 1. The van der Waals surface area contributed by atoms with E-state index in [9.17, 15) is 4.39 Å². The van der Waals surface area contributed by atoms with Crippen LogP contribution in [0.4, 0.5) is 4.39 Å². The van der Waals surface area contributed by atoms with E-state index in [0.29, 0.717) is 6.42 Å². The highest BCUT2D eigenvalue weighted by molar-refractivity contribution is 7.18. The molecular formula is C14H17FN2S. The second-order valence-corrected chi connectivity index (χ2v) is 6.00. The molecule has 1 saturated heterocycles. The van der Waals surface area contributed by atoms with Crippen LogP contribution in [0.1, 0.15) is 17.8 Å². The smallest absolute Gasteiger partial charge is 0.109 e. The van der Waals surface area contributed by atoms with Gasteiger partial charge in [0.2, 0.25) is 0 Å². The van der Waals surface area contributed by atoms with Crippen molar-refractivity contribution in [2.45, 2.75) is 25.4 Å². The molecule has 1 atom stereocenters. The molecule has 2 aromatic rings. The molecule has 18 heavy (non-hydrogen) atoms. The third kappa shape index (κ3) is 2.54. The van der Waals surface area contributed by atoms with Crippen molar-refractivity contribution in [2.24, 2.45) is 5.92 Å². The third-order valence-electron chi connectivity index (χ3n) is 3.60. The average molecular weight is 264 g/mol. The van der Waals surface area contributed by atoms with Gasteiger partial charge in [0.25, 0.3) is 0 Å². The van der Waals surface area contributed by atoms with Gasteiger partial charge in [-0.15, -0.1) is 11.3 Å². The standard InChI is InChI=1S/C14H17FN2S/c15-11(10-5-7-16-8-6-10)9-14-17-12-3-1-2-4-13(12)18-14/h1-4,10-11,16H,5-9H2. The fraction of sp³-hybridized carbons (Fsp3) is 0.500. The summed E-state index contributed by atoms with van der Waals surface area (Å²) in [6.45, 7) is 1.90. The zero-order valence-electron chi connectivity index (χ0n) is 10.2. The van der Waals surface area contributed by atoms with Gasteiger partial charge in [0.1, 0.15) is 6.17 Å². The van der Waals surface area contributed by atoms with Crippen LogP contribution in [0.3, 0.4) is 0 Å². The molecule has 1 fully saturated rings. The summed E-state index contributed by atoms with van der Waals surface area (Å²) >= 11 is 1.62. The van der Waals surface area contributed by atoms with E-state index in [1.807, 2.05) is 24.3 Å². The van der Waals surface area contributed by atoms with Gasteiger partial charge < -0.3 is 5.32 Å². The first-order valence-electron chi connectivity index (χ1n) is 6.52. The van der Waals surface area contributed by atoms with E-state index >= 15 is 0 Å². The van der Waals surface area contributed by atoms with Crippen LogP contribution < -0.4 is 5.32 Å². The number of piperidine rings is 1. The number of fused-ring (bicyclic) bond motifs is 1. The van der Waals surface area contributed by atoms with E-state index in [-0.39, 0.29) is 5.92 Å². The van der Waals surface area contributed by atoms with E-state index in [0.717, 1.165) is 41.2 Å². The SMILES string of the molecule is FC(Cc1nc2ccccc2s1)C1CCNCC1. The molecule has 0 aliphatic carbocycles. The lowest BCUT2D eigenvalue weighted by atomic mass is 9.92. The van der Waals surface area contributed by atoms with Crippen molar-refractivity contribution in [3.05, 3.63) is 29.3 Å². The summed E-state index contributed by atoms with van der Waals surface area (Å²) in [6.07, 6.45) is 1.63. The minimum Gasteiger partial charge on any atom is -0.317 e. The van der Waals surface area contributed by atoms with Crippen LogP contribution in [0.15, 0.2) is 24.3 Å². The second-order valence-electron chi connectivity index (χ2n) is 4.88. The maximum Gasteiger partial charge on any atom is 0.109 e. The number of alkyl halides is 1. The molecule has 0 spiro atoms. The van der Waals surface area contributed by atoms with Crippen molar-refractivity contribution < 1.29 is 4.39 Å². The zero-order valence-corrected chi connectivity index (χ0v) is 11.0. The Kier molecular flexibility index (Phi) is 3.57. The number of thiazole rings is 1. The molecule has 96 valence electrons. The zero-order chi connectivity index (χ0) is 12.4. The highest BCUT2D eigenvalue weighted by Gasteiger charge is 2.24. The van der Waals surface area contributed by atoms with Crippen LogP contribution in [0, 0.1) is 5.92 Å². The molecule has 1 aliphatic rings. The van der Waals surface area contributed by atoms with Gasteiger partial charge in [-0.2, -0.15) is 0 Å². The van der Waals surface area contributed by atoms with Gasteiger partial charge in [0, 0.05) is 6.42 Å². The number of rotatable bonds is 3. The van der Waals surface area contributed by atoms with E-state index in [2.05, 4.69) is 10.3 Å². The van der Waals surface area contributed by atoms with E-state index in [1.54, 1.807) is 11.3 Å². The number of nitrogens with zero attached hydrogens (tertiary/aromatic N) is 1. The third-order valence-corrected chi connectivity index (χ3v) is 4.66. The normalized spacial score (nSPS) is 19.2. The van der Waals surface area contributed by atoms with Gasteiger partial charge in [0.15, 0.2) is 0 Å². The summed E-state index contributed by atoms with van der Waals surface area (Å²) in [5, 5.41) is 4.21. The lowest BCUT2D eigenvalue weighted by Gasteiger charge is -2.25. The predicted octanol–water partition coefficient (Wildman–Crippen LogP) is 3.18. The van der Waals surface area contributed by atoms with Gasteiger partial charge in [0.05, 0.1) is 15.2 Å². The summed E-state index contributed by atoms with van der Waals surface area (Å²) in [7, 11) is 0. The molecule has 0 saturated carbocycles. The molecule has 2 nitrogen and oxygen atoms in total. The Hall–Kier alpha value is -1.00. The van der Waals surface area contributed by atoms with Crippen LogP contribution in [0.5, 0.6) is 0 Å². The predicted molar refractivity (Wildman–Crippen MR) is 73.8 cm³/mol. The fourth-order valence-electron chi connectivity index (χ4n) is 2.55. The van der Waals surface area contributed by atoms with E-state index in [4.69, 9.17) is 0 Å². The van der Waals surface area contributed by atoms with Crippen LogP contribution in [0.25, 0.3) is 10.2 Å². The number of hydrogen-bond acceptors (Lipinski definition) is 3. The van der Waals surface area contributed by atoms with Crippen molar-refractivity contribution in [3.63, 3.8) is 0 Å². The van der Waals surface area contributed by atoms with Gasteiger partial charge in [-0.3, -0.25) is 0 Å². The van der Waals surface area contributed by atoms with Crippen LogP contribution >= 0.6 is 11.3 Å². The van der Waals surface area contributed by atoms with E-state index < -0.39 is 6.17 Å². The number of hydrogen-bond donors (Lipinski definition) is 1. The molecule has 1 aromatic heterocycles. The monoisotopic (exact) mass is 264 g/mol. The fourth-order valence-corrected chi connectivity index (χ4v) is 3.55. The summed E-state index contributed by atoms with van der Waals surface area (Å²) in [5.74, 6) is 0.207. The minimum absolute atomic E-state index is 0.207. The molecule has 1 unspecified atom stereocenters. The number of nitrogens with one attached hydrogen (secondary N) is 1. The Bertz CT molecular complexity index is 486. The van der Waals surface area contributed by atoms with Gasteiger partial charge in [-0.25, -0.2) is 9.37 Å². The molecule has 2 heterocycles. The summed E-state index contributed by atoms with van der Waals surface area (Å²) in [5.41, 5.74) is 0.995. The number of para-hydroxylation sites is 1. The molecule has 1 aliphatic heterocycles. The number of aromatic nitrogens is 1. The Labute approximate surface area is 110 Å². The Balaban J connectivity index is 1.71. The summed E-state index contributed by atoms with van der Waals surface area (Å²) in [6, 6.07) is 8.02. The molecule has 3 rings (SSSR count). The Morgan fingerprint density at radius 2 is 2.11 bits per heavy atom. The van der Waals surface area contributed by atoms with Crippen molar-refractivity contribution >= 4 is 21.6 Å². The van der Waals surface area contributed by atoms with Crippen LogP contribution in [-0.4, -0.2) is 24.2 Å². The first kappa shape index (κ1) is 12.1. The maximum absolute atomic E-state index is 14.2. The minimum atomic E-state index is -0.743. The van der Waals surface area contributed by atoms with Crippen molar-refractivity contribution in [3.8, 4) is 0 Å². The summed E-state index contributed by atoms with van der Waals surface area (Å²) < 4.78 is 15.4. The quantitative estimate of drug-likeness (QED) is 0.921. The van der Waals surface area contributed by atoms with E-state index in [1.165, 1.54) is 0 Å². The lowest BCUT2D eigenvalue weighted by molar-refractivity contribution is 0.187. The largest absolute Gasteiger partial charge is 0.317 e. The Morgan fingerprint density at radius 1 is 1.33 bits per heavy atom. The van der Waals surface area contributed by atoms with Crippen LogP contribution in [0.2, 0.25) is 0 Å². The topological polar surface area (TPSA) is 24.9 Å².